The van der Waals surface area contributed by atoms with Gasteiger partial charge in [-0.05, 0) is 36.8 Å². The molecule has 2 N–H and O–H groups in total. The zero-order chi connectivity index (χ0) is 15.0. The lowest BCUT2D eigenvalue weighted by atomic mass is 10.0. The highest BCUT2D eigenvalue weighted by Gasteiger charge is 2.10. The molecule has 3 heteroatoms. The van der Waals surface area contributed by atoms with E-state index in [1.165, 1.54) is 5.56 Å². The fraction of sp³-hybridized carbons (Fsp3) is 0.647. The number of benzene rings is 1. The van der Waals surface area contributed by atoms with Crippen molar-refractivity contribution in [2.45, 2.75) is 46.6 Å². The molecule has 20 heavy (non-hydrogen) atoms. The van der Waals surface area contributed by atoms with Crippen molar-refractivity contribution in [3.63, 3.8) is 0 Å². The molecule has 1 atom stereocenters. The minimum absolute atomic E-state index is 0.191. The Kier molecular flexibility index (Phi) is 7.63. The van der Waals surface area contributed by atoms with Gasteiger partial charge in [0.25, 0.3) is 0 Å². The Hall–Kier alpha value is -1.06. The Labute approximate surface area is 123 Å². The first-order valence-corrected chi connectivity index (χ1v) is 7.59. The maximum Gasteiger partial charge on any atom is 0.125 e. The van der Waals surface area contributed by atoms with Gasteiger partial charge in [0.15, 0.2) is 0 Å². The van der Waals surface area contributed by atoms with Gasteiger partial charge in [-0.1, -0.05) is 39.0 Å². The highest BCUT2D eigenvalue weighted by molar-refractivity contribution is 5.41. The Bertz CT molecular complexity index is 391. The van der Waals surface area contributed by atoms with Gasteiger partial charge in [0.2, 0.25) is 0 Å². The van der Waals surface area contributed by atoms with Crippen molar-refractivity contribution in [3.8, 4) is 5.75 Å². The summed E-state index contributed by atoms with van der Waals surface area (Å²) in [5.41, 5.74) is 8.41. The fourth-order valence-electron chi connectivity index (χ4n) is 2.03. The number of aryl methyl sites for hydroxylation is 1. The predicted molar refractivity (Wildman–Crippen MR) is 84.3 cm³/mol. The second kappa shape index (κ2) is 8.98. The molecule has 0 aromatic heterocycles. The van der Waals surface area contributed by atoms with E-state index in [2.05, 4.69) is 45.9 Å². The average molecular weight is 279 g/mol. The SMILES string of the molecule is CCC(N)Cc1cccc(C)c1OCCOCC(C)C. The standard InChI is InChI=1S/C17H29NO2/c1-5-16(18)11-15-8-6-7-14(4)17(15)20-10-9-19-12-13(2)3/h6-8,13,16H,5,9-12,18H2,1-4H3. The predicted octanol–water partition coefficient (Wildman–Crippen LogP) is 3.33. The summed E-state index contributed by atoms with van der Waals surface area (Å²) in [7, 11) is 0. The molecule has 3 nitrogen and oxygen atoms in total. The van der Waals surface area contributed by atoms with Crippen molar-refractivity contribution in [1.29, 1.82) is 0 Å². The van der Waals surface area contributed by atoms with E-state index in [-0.39, 0.29) is 6.04 Å². The molecule has 0 saturated carbocycles. The van der Waals surface area contributed by atoms with Crippen LogP contribution in [0, 0.1) is 12.8 Å². The van der Waals surface area contributed by atoms with E-state index < -0.39 is 0 Å². The lowest BCUT2D eigenvalue weighted by Crippen LogP contribution is -2.22. The van der Waals surface area contributed by atoms with Crippen molar-refractivity contribution in [1.82, 2.24) is 0 Å². The molecule has 114 valence electrons. The first kappa shape index (κ1) is 17.0. The van der Waals surface area contributed by atoms with Crippen LogP contribution in [0.1, 0.15) is 38.3 Å². The molecule has 1 rings (SSSR count). The van der Waals surface area contributed by atoms with Crippen LogP contribution in [0.5, 0.6) is 5.75 Å². The minimum Gasteiger partial charge on any atom is -0.491 e. The Morgan fingerprint density at radius 1 is 1.20 bits per heavy atom. The van der Waals surface area contributed by atoms with Gasteiger partial charge < -0.3 is 15.2 Å². The highest BCUT2D eigenvalue weighted by atomic mass is 16.5. The van der Waals surface area contributed by atoms with Crippen LogP contribution in [-0.2, 0) is 11.2 Å². The third-order valence-corrected chi connectivity index (χ3v) is 3.23. The van der Waals surface area contributed by atoms with Gasteiger partial charge in [-0.15, -0.1) is 0 Å². The van der Waals surface area contributed by atoms with E-state index in [1.807, 2.05) is 0 Å². The summed E-state index contributed by atoms with van der Waals surface area (Å²) in [5.74, 6) is 1.54. The van der Waals surface area contributed by atoms with Gasteiger partial charge in [0.05, 0.1) is 6.61 Å². The summed E-state index contributed by atoms with van der Waals surface area (Å²) in [6, 6.07) is 6.43. The van der Waals surface area contributed by atoms with E-state index in [0.29, 0.717) is 19.1 Å². The lowest BCUT2D eigenvalue weighted by Gasteiger charge is -2.17. The molecule has 0 aliphatic carbocycles. The first-order chi connectivity index (χ1) is 9.54. The number of rotatable bonds is 9. The zero-order valence-corrected chi connectivity index (χ0v) is 13.3. The van der Waals surface area contributed by atoms with Gasteiger partial charge >= 0.3 is 0 Å². The number of nitrogens with two attached hydrogens (primary N) is 1. The third kappa shape index (κ3) is 5.93. The maximum absolute atomic E-state index is 6.05. The second-order valence-electron chi connectivity index (χ2n) is 5.75. The van der Waals surface area contributed by atoms with Crippen molar-refractivity contribution < 1.29 is 9.47 Å². The Morgan fingerprint density at radius 2 is 1.95 bits per heavy atom. The lowest BCUT2D eigenvalue weighted by molar-refractivity contribution is 0.0814. The van der Waals surface area contributed by atoms with Gasteiger partial charge in [0.1, 0.15) is 12.4 Å². The molecule has 0 radical (unpaired) electrons. The van der Waals surface area contributed by atoms with Crippen LogP contribution in [-0.4, -0.2) is 25.9 Å². The van der Waals surface area contributed by atoms with Gasteiger partial charge in [-0.25, -0.2) is 0 Å². The number of ether oxygens (including phenoxy) is 2. The molecule has 0 heterocycles. The molecule has 0 fully saturated rings. The molecule has 1 aromatic carbocycles. The molecule has 0 aliphatic heterocycles. The van der Waals surface area contributed by atoms with E-state index >= 15 is 0 Å². The molecule has 0 saturated heterocycles. The molecule has 1 unspecified atom stereocenters. The van der Waals surface area contributed by atoms with Crippen LogP contribution in [0.15, 0.2) is 18.2 Å². The zero-order valence-electron chi connectivity index (χ0n) is 13.3. The summed E-state index contributed by atoms with van der Waals surface area (Å²) in [5, 5.41) is 0. The van der Waals surface area contributed by atoms with Crippen LogP contribution >= 0.6 is 0 Å². The van der Waals surface area contributed by atoms with E-state index in [9.17, 15) is 0 Å². The van der Waals surface area contributed by atoms with Crippen LogP contribution in [0.4, 0.5) is 0 Å². The van der Waals surface area contributed by atoms with Crippen LogP contribution < -0.4 is 10.5 Å². The van der Waals surface area contributed by atoms with Crippen molar-refractivity contribution >= 4 is 0 Å². The summed E-state index contributed by atoms with van der Waals surface area (Å²) in [6.07, 6.45) is 1.84. The molecular formula is C17H29NO2. The van der Waals surface area contributed by atoms with Crippen LogP contribution in [0.2, 0.25) is 0 Å². The monoisotopic (exact) mass is 279 g/mol. The molecule has 0 amide bonds. The number of hydrogen-bond donors (Lipinski definition) is 1. The largest absolute Gasteiger partial charge is 0.491 e. The summed E-state index contributed by atoms with van der Waals surface area (Å²) in [6.45, 7) is 10.5. The average Bonchev–Trinajstić information content (AvgIpc) is 2.40. The maximum atomic E-state index is 6.05. The second-order valence-corrected chi connectivity index (χ2v) is 5.75. The molecule has 0 spiro atoms. The van der Waals surface area contributed by atoms with Crippen LogP contribution in [0.25, 0.3) is 0 Å². The summed E-state index contributed by atoms with van der Waals surface area (Å²) >= 11 is 0. The minimum atomic E-state index is 0.191. The quantitative estimate of drug-likeness (QED) is 0.705. The third-order valence-electron chi connectivity index (χ3n) is 3.23. The van der Waals surface area contributed by atoms with Crippen molar-refractivity contribution in [2.24, 2.45) is 11.7 Å². The fourth-order valence-corrected chi connectivity index (χ4v) is 2.03. The number of hydrogen-bond acceptors (Lipinski definition) is 3. The molecule has 0 bridgehead atoms. The normalized spacial score (nSPS) is 12.7. The Morgan fingerprint density at radius 3 is 2.60 bits per heavy atom. The Balaban J connectivity index is 2.54. The summed E-state index contributed by atoms with van der Waals surface area (Å²) in [4.78, 5) is 0. The molecule has 0 aliphatic rings. The van der Waals surface area contributed by atoms with Gasteiger partial charge in [-0.2, -0.15) is 0 Å². The van der Waals surface area contributed by atoms with E-state index in [0.717, 1.165) is 30.8 Å². The summed E-state index contributed by atoms with van der Waals surface area (Å²) < 4.78 is 11.5. The highest BCUT2D eigenvalue weighted by Crippen LogP contribution is 2.24. The topological polar surface area (TPSA) is 44.5 Å². The van der Waals surface area contributed by atoms with E-state index in [4.69, 9.17) is 15.2 Å². The van der Waals surface area contributed by atoms with Gasteiger partial charge in [0, 0.05) is 12.6 Å². The number of para-hydroxylation sites is 1. The smallest absolute Gasteiger partial charge is 0.125 e. The van der Waals surface area contributed by atoms with E-state index in [1.54, 1.807) is 0 Å². The van der Waals surface area contributed by atoms with Crippen LogP contribution in [0.3, 0.4) is 0 Å². The van der Waals surface area contributed by atoms with Gasteiger partial charge in [-0.3, -0.25) is 0 Å². The first-order valence-electron chi connectivity index (χ1n) is 7.59. The van der Waals surface area contributed by atoms with Crippen molar-refractivity contribution in [3.05, 3.63) is 29.3 Å². The molecule has 1 aromatic rings. The molecular weight excluding hydrogens is 250 g/mol. The van der Waals surface area contributed by atoms with Crippen molar-refractivity contribution in [2.75, 3.05) is 19.8 Å².